The van der Waals surface area contributed by atoms with Crippen LogP contribution in [-0.4, -0.2) is 60.3 Å². The van der Waals surface area contributed by atoms with Gasteiger partial charge in [0.25, 0.3) is 0 Å². The number of guanidine groups is 2. The third-order valence-corrected chi connectivity index (χ3v) is 5.01. The van der Waals surface area contributed by atoms with Crippen molar-refractivity contribution in [2.24, 2.45) is 42.9 Å². The summed E-state index contributed by atoms with van der Waals surface area (Å²) < 4.78 is 0. The molecule has 0 aliphatic carbocycles. The molecule has 0 aromatic heterocycles. The van der Waals surface area contributed by atoms with E-state index in [1.807, 2.05) is 0 Å². The van der Waals surface area contributed by atoms with E-state index < -0.39 is 12.6 Å². The van der Waals surface area contributed by atoms with Gasteiger partial charge in [-0.2, -0.15) is 0 Å². The minimum atomic E-state index is -0.498. The second kappa shape index (κ2) is 13.9. The Balaban J connectivity index is 1.33. The van der Waals surface area contributed by atoms with E-state index >= 15 is 0 Å². The van der Waals surface area contributed by atoms with E-state index in [-0.39, 0.29) is 0 Å². The molecule has 2 aliphatic rings. The van der Waals surface area contributed by atoms with Crippen LogP contribution in [0, 0.1) is 0 Å². The Morgan fingerprint density at radius 1 is 0.633 bits per heavy atom. The predicted molar refractivity (Wildman–Crippen MR) is 122 cm³/mol. The summed E-state index contributed by atoms with van der Waals surface area (Å²) >= 11 is 0. The number of hydrogen-bond donors (Lipinski definition) is 6. The lowest BCUT2D eigenvalue weighted by Gasteiger charge is -2.29. The minimum Gasteiger partial charge on any atom is -0.368 e. The first kappa shape index (κ1) is 24.0. The summed E-state index contributed by atoms with van der Waals surface area (Å²) in [6.07, 6.45) is 14.0. The van der Waals surface area contributed by atoms with Gasteiger partial charge in [-0.3, -0.25) is 11.5 Å². The van der Waals surface area contributed by atoms with Crippen molar-refractivity contribution in [3.05, 3.63) is 0 Å². The van der Waals surface area contributed by atoms with E-state index in [1.165, 1.54) is 64.0 Å². The summed E-state index contributed by atoms with van der Waals surface area (Å²) in [6, 6.07) is 0. The average molecular weight is 423 g/mol. The molecule has 2 aliphatic heterocycles. The monoisotopic (exact) mass is 422 g/mol. The van der Waals surface area contributed by atoms with Gasteiger partial charge in [-0.05, 0) is 12.8 Å². The van der Waals surface area contributed by atoms with Gasteiger partial charge in [0.05, 0.1) is 0 Å². The molecule has 30 heavy (non-hydrogen) atoms. The first-order valence-electron chi connectivity index (χ1n) is 10.9. The van der Waals surface area contributed by atoms with Crippen molar-refractivity contribution in [3.8, 4) is 0 Å². The highest BCUT2D eigenvalue weighted by Crippen LogP contribution is 2.10. The summed E-state index contributed by atoms with van der Waals surface area (Å²) in [5.41, 5.74) is 29.6. The van der Waals surface area contributed by atoms with Gasteiger partial charge in [-0.15, -0.1) is 0 Å². The quantitative estimate of drug-likeness (QED) is 0.194. The first-order valence-corrected chi connectivity index (χ1v) is 10.9. The molecule has 2 rings (SSSR count). The molecule has 0 saturated carbocycles. The first-order chi connectivity index (χ1) is 14.6. The Labute approximate surface area is 178 Å². The van der Waals surface area contributed by atoms with Gasteiger partial charge in [-0.1, -0.05) is 51.4 Å². The summed E-state index contributed by atoms with van der Waals surface area (Å²) in [5, 5.41) is 3.21. The Bertz CT molecular complexity index is 550. The molecule has 0 radical (unpaired) electrons. The van der Waals surface area contributed by atoms with E-state index in [0.29, 0.717) is 11.9 Å². The maximum absolute atomic E-state index is 5.84. The Morgan fingerprint density at radius 3 is 1.30 bits per heavy atom. The zero-order valence-electron chi connectivity index (χ0n) is 17.8. The van der Waals surface area contributed by atoms with Gasteiger partial charge in [-0.25, -0.2) is 40.8 Å². The van der Waals surface area contributed by atoms with Crippen LogP contribution in [-0.2, 0) is 0 Å². The molecule has 2 heterocycles. The summed E-state index contributed by atoms with van der Waals surface area (Å²) in [4.78, 5) is 15.8. The normalized spacial score (nSPS) is 21.1. The maximum Gasteiger partial charge on any atom is 0.215 e. The lowest BCUT2D eigenvalue weighted by Crippen LogP contribution is -2.57. The van der Waals surface area contributed by atoms with Gasteiger partial charge in [0, 0.05) is 13.1 Å². The van der Waals surface area contributed by atoms with Crippen LogP contribution in [0.4, 0.5) is 0 Å². The SMILES string of the molecule is NC1=NC=NC(N)N1NCCCCCCCCCCCCNN1C(N)=NC=NC1N. The smallest absolute Gasteiger partial charge is 0.215 e. The van der Waals surface area contributed by atoms with E-state index in [2.05, 4.69) is 30.8 Å². The number of unbranched alkanes of at least 4 members (excludes halogenated alkanes) is 9. The van der Waals surface area contributed by atoms with Crippen molar-refractivity contribution in [2.75, 3.05) is 13.1 Å². The highest BCUT2D eigenvalue weighted by Gasteiger charge is 2.17. The highest BCUT2D eigenvalue weighted by molar-refractivity contribution is 5.87. The molecule has 12 nitrogen and oxygen atoms in total. The zero-order valence-corrected chi connectivity index (χ0v) is 17.8. The van der Waals surface area contributed by atoms with Crippen molar-refractivity contribution in [1.82, 2.24) is 20.9 Å². The van der Waals surface area contributed by atoms with Crippen molar-refractivity contribution < 1.29 is 0 Å². The average Bonchev–Trinajstić information content (AvgIpc) is 2.72. The van der Waals surface area contributed by atoms with Crippen LogP contribution in [0.3, 0.4) is 0 Å². The van der Waals surface area contributed by atoms with Gasteiger partial charge < -0.3 is 11.5 Å². The van der Waals surface area contributed by atoms with Crippen molar-refractivity contribution in [3.63, 3.8) is 0 Å². The predicted octanol–water partition coefficient (Wildman–Crippen LogP) is -0.302. The second-order valence-corrected chi connectivity index (χ2v) is 7.42. The van der Waals surface area contributed by atoms with Crippen LogP contribution in [0.15, 0.2) is 20.0 Å². The van der Waals surface area contributed by atoms with E-state index in [1.54, 1.807) is 10.0 Å². The number of nitrogens with one attached hydrogen (secondary N) is 2. The molecular formula is C18H38N12. The molecule has 0 bridgehead atoms. The zero-order chi connectivity index (χ0) is 21.6. The lowest BCUT2D eigenvalue weighted by molar-refractivity contribution is 0.229. The number of hydrogen-bond acceptors (Lipinski definition) is 12. The molecule has 12 heteroatoms. The Morgan fingerprint density at radius 2 is 0.967 bits per heavy atom. The maximum atomic E-state index is 5.84. The van der Waals surface area contributed by atoms with E-state index in [9.17, 15) is 0 Å². The molecule has 0 spiro atoms. The van der Waals surface area contributed by atoms with Crippen LogP contribution in [0.5, 0.6) is 0 Å². The number of nitrogens with two attached hydrogens (primary N) is 4. The molecule has 0 aromatic rings. The summed E-state index contributed by atoms with van der Waals surface area (Å²) in [7, 11) is 0. The van der Waals surface area contributed by atoms with Crippen molar-refractivity contribution >= 4 is 24.6 Å². The summed E-state index contributed by atoms with van der Waals surface area (Å²) in [5.74, 6) is 0.714. The summed E-state index contributed by atoms with van der Waals surface area (Å²) in [6.45, 7) is 1.64. The number of hydrazine groups is 2. The second-order valence-electron chi connectivity index (χ2n) is 7.42. The largest absolute Gasteiger partial charge is 0.368 e. The number of aliphatic imine (C=N–C) groups is 4. The van der Waals surface area contributed by atoms with Crippen LogP contribution in [0.2, 0.25) is 0 Å². The van der Waals surface area contributed by atoms with Crippen molar-refractivity contribution in [2.45, 2.75) is 76.8 Å². The van der Waals surface area contributed by atoms with Crippen LogP contribution in [0.25, 0.3) is 0 Å². The standard InChI is InChI=1S/C18H38N12/c19-15-23-13-24-16(20)29(15)27-11-9-7-5-3-1-2-4-6-8-10-12-28-30-17(21)25-14-26-18(30)22/h13-15,17,27-28H,1-12,19,21H2,(H2,20,23,24)(H2,22,25,26). The van der Waals surface area contributed by atoms with Crippen molar-refractivity contribution in [1.29, 1.82) is 0 Å². The molecule has 0 amide bonds. The lowest BCUT2D eigenvalue weighted by atomic mass is 10.1. The Hall–Kier alpha value is -2.28. The fourth-order valence-electron chi connectivity index (χ4n) is 3.26. The van der Waals surface area contributed by atoms with Crippen LogP contribution >= 0.6 is 0 Å². The third-order valence-electron chi connectivity index (χ3n) is 5.01. The van der Waals surface area contributed by atoms with Gasteiger partial charge in [0.2, 0.25) is 11.9 Å². The fourth-order valence-corrected chi connectivity index (χ4v) is 3.26. The fraction of sp³-hybridized carbons (Fsp3) is 0.778. The van der Waals surface area contributed by atoms with Gasteiger partial charge in [0.1, 0.15) is 12.7 Å². The molecule has 0 saturated heterocycles. The van der Waals surface area contributed by atoms with E-state index in [4.69, 9.17) is 22.9 Å². The number of rotatable bonds is 15. The molecule has 0 fully saturated rings. The van der Waals surface area contributed by atoms with Crippen LogP contribution in [0.1, 0.15) is 64.2 Å². The topological polar surface area (TPSA) is 184 Å². The van der Waals surface area contributed by atoms with Crippen LogP contribution < -0.4 is 33.8 Å². The van der Waals surface area contributed by atoms with Gasteiger partial charge >= 0.3 is 0 Å². The molecule has 10 N–H and O–H groups in total. The molecular weight excluding hydrogens is 384 g/mol. The van der Waals surface area contributed by atoms with Gasteiger partial charge in [0.15, 0.2) is 12.6 Å². The highest BCUT2D eigenvalue weighted by atomic mass is 15.6. The molecule has 0 aromatic carbocycles. The minimum absolute atomic E-state index is 0.357. The number of nitrogens with zero attached hydrogens (tertiary/aromatic N) is 6. The molecule has 2 atom stereocenters. The third kappa shape index (κ3) is 8.61. The Kier molecular flexibility index (Phi) is 11.1. The molecule has 170 valence electrons. The molecule has 2 unspecified atom stereocenters. The van der Waals surface area contributed by atoms with E-state index in [0.717, 1.165) is 25.9 Å².